The Morgan fingerprint density at radius 2 is 1.84 bits per heavy atom. The van der Waals surface area contributed by atoms with Crippen LogP contribution >= 0.6 is 0 Å². The number of rotatable bonds is 5. The van der Waals surface area contributed by atoms with Crippen molar-refractivity contribution in [2.75, 3.05) is 11.1 Å². The maximum absolute atomic E-state index is 12.0. The Kier molecular flexibility index (Phi) is 4.72. The lowest BCUT2D eigenvalue weighted by atomic mass is 10.2. The quantitative estimate of drug-likeness (QED) is 0.705. The van der Waals surface area contributed by atoms with Crippen LogP contribution < -0.4 is 5.32 Å². The molecule has 3 aromatic rings. The molecular weight excluding hydrogens is 338 g/mol. The Labute approximate surface area is 145 Å². The number of carbonyl (C=O) groups excluding carboxylic acids is 1. The topological polar surface area (TPSA) is 76.4 Å². The van der Waals surface area contributed by atoms with E-state index in [2.05, 4.69) is 5.32 Å². The van der Waals surface area contributed by atoms with Crippen LogP contribution in [0.1, 0.15) is 12.7 Å². The van der Waals surface area contributed by atoms with E-state index in [9.17, 15) is 13.2 Å². The molecule has 25 heavy (non-hydrogen) atoms. The SMILES string of the molecule is CCS(=O)(=O)c1ccc(NC(=O)/C=C/c2cc3ccccc3o2)cc1. The Morgan fingerprint density at radius 3 is 2.52 bits per heavy atom. The highest BCUT2D eigenvalue weighted by molar-refractivity contribution is 7.91. The molecule has 0 spiro atoms. The molecule has 2 aromatic carbocycles. The fourth-order valence-electron chi connectivity index (χ4n) is 2.34. The molecule has 3 rings (SSSR count). The largest absolute Gasteiger partial charge is 0.457 e. The molecule has 6 heteroatoms. The van der Waals surface area contributed by atoms with Gasteiger partial charge in [-0.25, -0.2) is 8.42 Å². The lowest BCUT2D eigenvalue weighted by molar-refractivity contribution is -0.111. The number of fused-ring (bicyclic) bond motifs is 1. The minimum absolute atomic E-state index is 0.0406. The van der Waals surface area contributed by atoms with Crippen molar-refractivity contribution in [2.45, 2.75) is 11.8 Å². The van der Waals surface area contributed by atoms with Gasteiger partial charge in [0.15, 0.2) is 9.84 Å². The summed E-state index contributed by atoms with van der Waals surface area (Å²) < 4.78 is 29.1. The zero-order chi connectivity index (χ0) is 17.9. The van der Waals surface area contributed by atoms with Gasteiger partial charge in [-0.05, 0) is 42.5 Å². The molecule has 1 N–H and O–H groups in total. The Bertz CT molecular complexity index is 998. The first-order valence-corrected chi connectivity index (χ1v) is 9.43. The number of benzene rings is 2. The first-order chi connectivity index (χ1) is 12.0. The maximum Gasteiger partial charge on any atom is 0.248 e. The molecule has 0 aliphatic heterocycles. The smallest absolute Gasteiger partial charge is 0.248 e. The maximum atomic E-state index is 12.0. The number of amides is 1. The van der Waals surface area contributed by atoms with Gasteiger partial charge in [0.1, 0.15) is 11.3 Å². The molecule has 0 saturated carbocycles. The number of hydrogen-bond donors (Lipinski definition) is 1. The van der Waals surface area contributed by atoms with Crippen molar-refractivity contribution in [1.29, 1.82) is 0 Å². The predicted molar refractivity (Wildman–Crippen MR) is 98.0 cm³/mol. The number of anilines is 1. The average molecular weight is 355 g/mol. The summed E-state index contributed by atoms with van der Waals surface area (Å²) in [5, 5.41) is 3.65. The minimum Gasteiger partial charge on any atom is -0.457 e. The molecule has 1 heterocycles. The van der Waals surface area contributed by atoms with Crippen molar-refractivity contribution in [3.63, 3.8) is 0 Å². The summed E-state index contributed by atoms with van der Waals surface area (Å²) in [5.41, 5.74) is 1.28. The fourth-order valence-corrected chi connectivity index (χ4v) is 3.22. The minimum atomic E-state index is -3.24. The van der Waals surface area contributed by atoms with Crippen LogP contribution in [0.15, 0.2) is 70.0 Å². The Balaban J connectivity index is 1.67. The molecule has 128 valence electrons. The number of carbonyl (C=O) groups is 1. The molecule has 1 aromatic heterocycles. The summed E-state index contributed by atoms with van der Waals surface area (Å²) in [6, 6.07) is 15.5. The van der Waals surface area contributed by atoms with Crippen molar-refractivity contribution >= 4 is 38.5 Å². The molecule has 0 aliphatic rings. The molecule has 0 fully saturated rings. The lowest BCUT2D eigenvalue weighted by Gasteiger charge is -2.04. The first kappa shape index (κ1) is 17.0. The van der Waals surface area contributed by atoms with Gasteiger partial charge in [-0.15, -0.1) is 0 Å². The van der Waals surface area contributed by atoms with Crippen LogP contribution in [0.5, 0.6) is 0 Å². The second-order valence-corrected chi connectivity index (χ2v) is 7.72. The number of para-hydroxylation sites is 1. The van der Waals surface area contributed by atoms with E-state index in [4.69, 9.17) is 4.42 Å². The van der Waals surface area contributed by atoms with Gasteiger partial charge in [-0.3, -0.25) is 4.79 Å². The predicted octanol–water partition coefficient (Wildman–Crippen LogP) is 3.88. The number of hydrogen-bond acceptors (Lipinski definition) is 4. The monoisotopic (exact) mass is 355 g/mol. The van der Waals surface area contributed by atoms with Crippen LogP contribution in [-0.4, -0.2) is 20.1 Å². The zero-order valence-corrected chi connectivity index (χ0v) is 14.4. The third kappa shape index (κ3) is 3.97. The summed E-state index contributed by atoms with van der Waals surface area (Å²) in [6.45, 7) is 1.59. The summed E-state index contributed by atoms with van der Waals surface area (Å²) in [5.74, 6) is 0.297. The van der Waals surface area contributed by atoms with Gasteiger partial charge < -0.3 is 9.73 Å². The van der Waals surface area contributed by atoms with E-state index in [0.717, 1.165) is 11.0 Å². The molecule has 0 unspecified atom stereocenters. The number of furan rings is 1. The van der Waals surface area contributed by atoms with Crippen LogP contribution in [0.3, 0.4) is 0 Å². The summed E-state index contributed by atoms with van der Waals surface area (Å²) in [6.07, 6.45) is 2.96. The Hall–Kier alpha value is -2.86. The molecular formula is C19H17NO4S. The zero-order valence-electron chi connectivity index (χ0n) is 13.6. The standard InChI is InChI=1S/C19H17NO4S/c1-2-25(22,23)17-10-7-15(8-11-17)20-19(21)12-9-16-13-14-5-3-4-6-18(14)24-16/h3-13H,2H2,1H3,(H,20,21)/b12-9+. The van der Waals surface area contributed by atoms with Gasteiger partial charge in [0.2, 0.25) is 5.91 Å². The van der Waals surface area contributed by atoms with Gasteiger partial charge in [0.25, 0.3) is 0 Å². The molecule has 1 amide bonds. The van der Waals surface area contributed by atoms with Crippen LogP contribution in [-0.2, 0) is 14.6 Å². The Morgan fingerprint density at radius 1 is 1.12 bits per heavy atom. The van der Waals surface area contributed by atoms with Gasteiger partial charge in [-0.2, -0.15) is 0 Å². The fraction of sp³-hybridized carbons (Fsp3) is 0.105. The molecule has 0 bridgehead atoms. The van der Waals surface area contributed by atoms with E-state index in [0.29, 0.717) is 11.4 Å². The van der Waals surface area contributed by atoms with E-state index >= 15 is 0 Å². The lowest BCUT2D eigenvalue weighted by Crippen LogP contribution is -2.08. The third-order valence-electron chi connectivity index (χ3n) is 3.70. The average Bonchev–Trinajstić information content (AvgIpc) is 3.03. The highest BCUT2D eigenvalue weighted by Crippen LogP contribution is 2.20. The van der Waals surface area contributed by atoms with Gasteiger partial charge in [0, 0.05) is 17.1 Å². The number of nitrogens with one attached hydrogen (secondary N) is 1. The van der Waals surface area contributed by atoms with Crippen molar-refractivity contribution in [2.24, 2.45) is 0 Å². The molecule has 5 nitrogen and oxygen atoms in total. The van der Waals surface area contributed by atoms with Crippen LogP contribution in [0.25, 0.3) is 17.0 Å². The van der Waals surface area contributed by atoms with Crippen LogP contribution in [0.2, 0.25) is 0 Å². The molecule has 0 atom stereocenters. The summed E-state index contributed by atoms with van der Waals surface area (Å²) in [7, 11) is -3.24. The second kappa shape index (κ2) is 6.94. The van der Waals surface area contributed by atoms with Crippen LogP contribution in [0.4, 0.5) is 5.69 Å². The van der Waals surface area contributed by atoms with E-state index in [1.807, 2.05) is 30.3 Å². The third-order valence-corrected chi connectivity index (χ3v) is 5.46. The van der Waals surface area contributed by atoms with E-state index in [1.54, 1.807) is 25.1 Å². The van der Waals surface area contributed by atoms with Gasteiger partial charge in [0.05, 0.1) is 10.6 Å². The summed E-state index contributed by atoms with van der Waals surface area (Å²) in [4.78, 5) is 12.2. The first-order valence-electron chi connectivity index (χ1n) is 7.78. The summed E-state index contributed by atoms with van der Waals surface area (Å²) >= 11 is 0. The molecule has 0 radical (unpaired) electrons. The number of sulfone groups is 1. The second-order valence-electron chi connectivity index (χ2n) is 5.44. The van der Waals surface area contributed by atoms with E-state index in [-0.39, 0.29) is 16.6 Å². The van der Waals surface area contributed by atoms with Gasteiger partial charge in [-0.1, -0.05) is 25.1 Å². The van der Waals surface area contributed by atoms with Crippen molar-refractivity contribution in [1.82, 2.24) is 0 Å². The van der Waals surface area contributed by atoms with Crippen molar-refractivity contribution < 1.29 is 17.6 Å². The highest BCUT2D eigenvalue weighted by Gasteiger charge is 2.11. The molecule has 0 aliphatic carbocycles. The molecule has 0 saturated heterocycles. The highest BCUT2D eigenvalue weighted by atomic mass is 32.2. The van der Waals surface area contributed by atoms with E-state index in [1.165, 1.54) is 18.2 Å². The van der Waals surface area contributed by atoms with Crippen molar-refractivity contribution in [3.8, 4) is 0 Å². The van der Waals surface area contributed by atoms with Gasteiger partial charge >= 0.3 is 0 Å². The van der Waals surface area contributed by atoms with Crippen LogP contribution in [0, 0.1) is 0 Å². The van der Waals surface area contributed by atoms with E-state index < -0.39 is 9.84 Å². The normalized spacial score (nSPS) is 11.9. The van der Waals surface area contributed by atoms with Crippen molar-refractivity contribution in [3.05, 3.63) is 66.4 Å².